The van der Waals surface area contributed by atoms with Crippen molar-refractivity contribution < 1.29 is 8.78 Å². The number of aromatic nitrogens is 4. The Morgan fingerprint density at radius 2 is 2.04 bits per heavy atom. The van der Waals surface area contributed by atoms with Crippen molar-refractivity contribution in [2.24, 2.45) is 5.73 Å². The molecule has 0 aliphatic carbocycles. The van der Waals surface area contributed by atoms with Crippen LogP contribution in [0.3, 0.4) is 0 Å². The lowest BCUT2D eigenvalue weighted by Crippen LogP contribution is -2.26. The van der Waals surface area contributed by atoms with Crippen LogP contribution in [0.4, 0.5) is 8.78 Å². The zero-order chi connectivity index (χ0) is 18.7. The van der Waals surface area contributed by atoms with Gasteiger partial charge in [-0.25, -0.2) is 4.79 Å². The predicted molar refractivity (Wildman–Crippen MR) is 97.3 cm³/mol. The van der Waals surface area contributed by atoms with Crippen LogP contribution >= 0.6 is 11.3 Å². The predicted octanol–water partition coefficient (Wildman–Crippen LogP) is 2.75. The molecule has 0 saturated carbocycles. The van der Waals surface area contributed by atoms with Gasteiger partial charge in [0, 0.05) is 52.6 Å². The fourth-order valence-electron chi connectivity index (χ4n) is 2.55. The van der Waals surface area contributed by atoms with Crippen molar-refractivity contribution in [1.29, 1.82) is 0 Å². The van der Waals surface area contributed by atoms with E-state index in [1.807, 2.05) is 36.1 Å². The summed E-state index contributed by atoms with van der Waals surface area (Å²) < 4.78 is 30.1. The van der Waals surface area contributed by atoms with Gasteiger partial charge in [0.1, 0.15) is 0 Å². The molecule has 0 atom stereocenters. The highest BCUT2D eigenvalue weighted by molar-refractivity contribution is 7.15. The van der Waals surface area contributed by atoms with Crippen LogP contribution < -0.4 is 11.4 Å². The molecule has 0 radical (unpaired) electrons. The molecule has 0 aliphatic heterocycles. The molecule has 3 rings (SSSR count). The molecule has 6 nitrogen and oxygen atoms in total. The third kappa shape index (κ3) is 3.83. The summed E-state index contributed by atoms with van der Waals surface area (Å²) in [6.45, 7) is 2.74. The Bertz CT molecular complexity index is 977. The number of nitrogens with zero attached hydrogens (tertiary/aromatic N) is 4. The molecule has 0 spiro atoms. The van der Waals surface area contributed by atoms with Crippen molar-refractivity contribution >= 4 is 11.3 Å². The van der Waals surface area contributed by atoms with Crippen molar-refractivity contribution in [2.45, 2.75) is 26.6 Å². The van der Waals surface area contributed by atoms with Crippen molar-refractivity contribution in [3.05, 3.63) is 63.9 Å². The highest BCUT2D eigenvalue weighted by Crippen LogP contribution is 2.28. The Hall–Kier alpha value is -2.52. The number of imidazole rings is 1. The van der Waals surface area contributed by atoms with Gasteiger partial charge in [-0.3, -0.25) is 13.8 Å². The molecule has 0 saturated heterocycles. The number of nitrogens with two attached hydrogens (primary N) is 1. The smallest absolute Gasteiger partial charge is 0.327 e. The van der Waals surface area contributed by atoms with E-state index in [1.165, 1.54) is 15.3 Å². The minimum Gasteiger partial charge on any atom is -0.327 e. The lowest BCUT2D eigenvalue weighted by Gasteiger charge is -2.04. The fraction of sp³-hybridized carbons (Fsp3) is 0.294. The Morgan fingerprint density at radius 1 is 1.27 bits per heavy atom. The van der Waals surface area contributed by atoms with Crippen LogP contribution in [-0.4, -0.2) is 25.5 Å². The minimum atomic E-state index is -1.83. The molecular formula is C17H19F2N5OS. The van der Waals surface area contributed by atoms with E-state index < -0.39 is 6.08 Å². The third-order valence-electron chi connectivity index (χ3n) is 4.02. The molecule has 0 amide bonds. The normalized spacial score (nSPS) is 11.1. The molecule has 2 N–H and O–H groups in total. The SMILES string of the molecule is CCn1cc(-c2ccc(Cn3ccn(CC(CN)=C(F)F)c3=O)s2)cn1. The van der Waals surface area contributed by atoms with E-state index in [1.54, 1.807) is 17.5 Å². The van der Waals surface area contributed by atoms with E-state index in [-0.39, 0.29) is 24.4 Å². The van der Waals surface area contributed by atoms with Gasteiger partial charge in [-0.15, -0.1) is 11.3 Å². The summed E-state index contributed by atoms with van der Waals surface area (Å²) in [4.78, 5) is 14.4. The highest BCUT2D eigenvalue weighted by Gasteiger charge is 2.11. The van der Waals surface area contributed by atoms with Gasteiger partial charge in [-0.1, -0.05) is 0 Å². The van der Waals surface area contributed by atoms with Crippen LogP contribution in [0.25, 0.3) is 10.4 Å². The number of hydrogen-bond donors (Lipinski definition) is 1. The molecule has 3 aromatic rings. The standard InChI is InChI=1S/C17H19F2N5OS/c1-2-24-10-13(8-21-24)15-4-3-14(26-15)11-23-6-5-22(17(23)25)9-12(7-20)16(18)19/h3-6,8,10H,2,7,9,11,20H2,1H3. The van der Waals surface area contributed by atoms with Crippen molar-refractivity contribution in [3.63, 3.8) is 0 Å². The zero-order valence-electron chi connectivity index (χ0n) is 14.2. The lowest BCUT2D eigenvalue weighted by atomic mass is 10.3. The second-order valence-corrected chi connectivity index (χ2v) is 6.92. The average Bonchev–Trinajstić information content (AvgIpc) is 3.34. The van der Waals surface area contributed by atoms with Gasteiger partial charge in [0.05, 0.1) is 19.3 Å². The summed E-state index contributed by atoms with van der Waals surface area (Å²) in [6, 6.07) is 3.95. The number of aryl methyl sites for hydroxylation is 1. The first kappa shape index (κ1) is 18.3. The van der Waals surface area contributed by atoms with Gasteiger partial charge in [-0.2, -0.15) is 13.9 Å². The summed E-state index contributed by atoms with van der Waals surface area (Å²) >= 11 is 1.57. The molecule has 0 aliphatic rings. The van der Waals surface area contributed by atoms with Crippen LogP contribution in [0.5, 0.6) is 0 Å². The van der Waals surface area contributed by atoms with Gasteiger partial charge < -0.3 is 5.73 Å². The molecule has 0 unspecified atom stereocenters. The number of rotatable bonds is 7. The summed E-state index contributed by atoms with van der Waals surface area (Å²) in [5.41, 5.74) is 5.76. The highest BCUT2D eigenvalue weighted by atomic mass is 32.1. The lowest BCUT2D eigenvalue weighted by molar-refractivity contribution is 0.402. The molecule has 138 valence electrons. The first-order valence-electron chi connectivity index (χ1n) is 8.12. The van der Waals surface area contributed by atoms with Crippen molar-refractivity contribution in [3.8, 4) is 10.4 Å². The van der Waals surface area contributed by atoms with Crippen LogP contribution in [0.15, 0.2) is 53.4 Å². The van der Waals surface area contributed by atoms with E-state index in [9.17, 15) is 13.6 Å². The summed E-state index contributed by atoms with van der Waals surface area (Å²) in [6.07, 6.45) is 5.06. The molecule has 3 aromatic heterocycles. The van der Waals surface area contributed by atoms with E-state index >= 15 is 0 Å². The van der Waals surface area contributed by atoms with E-state index in [2.05, 4.69) is 5.10 Å². The second-order valence-electron chi connectivity index (χ2n) is 5.76. The maximum Gasteiger partial charge on any atom is 0.328 e. The summed E-state index contributed by atoms with van der Waals surface area (Å²) in [7, 11) is 0. The van der Waals surface area contributed by atoms with Gasteiger partial charge in [0.25, 0.3) is 6.08 Å². The maximum atomic E-state index is 12.7. The topological polar surface area (TPSA) is 70.8 Å². The van der Waals surface area contributed by atoms with Crippen LogP contribution in [0.1, 0.15) is 11.8 Å². The van der Waals surface area contributed by atoms with Crippen molar-refractivity contribution in [2.75, 3.05) is 6.54 Å². The Morgan fingerprint density at radius 3 is 2.69 bits per heavy atom. The number of hydrogen-bond acceptors (Lipinski definition) is 4. The number of thiophene rings is 1. The molecule has 0 bridgehead atoms. The van der Waals surface area contributed by atoms with E-state index in [4.69, 9.17) is 5.73 Å². The van der Waals surface area contributed by atoms with Crippen LogP contribution in [0.2, 0.25) is 0 Å². The zero-order valence-corrected chi connectivity index (χ0v) is 15.0. The quantitative estimate of drug-likeness (QED) is 0.686. The monoisotopic (exact) mass is 379 g/mol. The fourth-order valence-corrected chi connectivity index (χ4v) is 3.53. The summed E-state index contributed by atoms with van der Waals surface area (Å²) in [5.74, 6) is 0. The molecule has 26 heavy (non-hydrogen) atoms. The maximum absolute atomic E-state index is 12.7. The van der Waals surface area contributed by atoms with Crippen LogP contribution in [0, 0.1) is 0 Å². The Kier molecular flexibility index (Phi) is 5.48. The largest absolute Gasteiger partial charge is 0.328 e. The Labute approximate surface area is 152 Å². The average molecular weight is 379 g/mol. The molecular weight excluding hydrogens is 360 g/mol. The first-order valence-corrected chi connectivity index (χ1v) is 8.93. The van der Waals surface area contributed by atoms with Gasteiger partial charge in [-0.05, 0) is 19.1 Å². The second kappa shape index (κ2) is 7.79. The first-order chi connectivity index (χ1) is 12.5. The molecule has 3 heterocycles. The number of halogens is 2. The van der Waals surface area contributed by atoms with Gasteiger partial charge in [0.15, 0.2) is 0 Å². The Balaban J connectivity index is 1.76. The molecule has 9 heteroatoms. The van der Waals surface area contributed by atoms with Gasteiger partial charge >= 0.3 is 5.69 Å². The van der Waals surface area contributed by atoms with E-state index in [0.29, 0.717) is 6.54 Å². The van der Waals surface area contributed by atoms with Crippen LogP contribution in [-0.2, 0) is 19.6 Å². The van der Waals surface area contributed by atoms with Gasteiger partial charge in [0.2, 0.25) is 0 Å². The molecule has 0 aromatic carbocycles. The van der Waals surface area contributed by atoms with Crippen molar-refractivity contribution in [1.82, 2.24) is 18.9 Å². The summed E-state index contributed by atoms with van der Waals surface area (Å²) in [5, 5.41) is 4.26. The van der Waals surface area contributed by atoms with E-state index in [0.717, 1.165) is 21.9 Å². The third-order valence-corrected chi connectivity index (χ3v) is 5.14. The minimum absolute atomic E-state index is 0.198. The molecule has 0 fully saturated rings.